The van der Waals surface area contributed by atoms with Crippen LogP contribution in [0.25, 0.3) is 0 Å². The molecule has 0 bridgehead atoms. The SMILES string of the molecule is CCc1nsc(NS(=O)(=O)c2ccc(N3CCN(C(=O)[C@H](C)N4CCCc5cc(Cl)ccc54)CC3)cc2)n1.[HH].[HH]. The normalized spacial score (nSPS) is 16.8. The third-order valence-corrected chi connectivity index (χ3v) is 9.52. The van der Waals surface area contributed by atoms with Gasteiger partial charge in [0.15, 0.2) is 0 Å². The number of hydrogen-bond acceptors (Lipinski definition) is 8. The summed E-state index contributed by atoms with van der Waals surface area (Å²) in [5.41, 5.74) is 3.22. The van der Waals surface area contributed by atoms with Crippen LogP contribution in [0.1, 0.15) is 34.5 Å². The maximum absolute atomic E-state index is 13.4. The van der Waals surface area contributed by atoms with E-state index in [9.17, 15) is 13.2 Å². The van der Waals surface area contributed by atoms with Gasteiger partial charge in [0, 0.05) is 69.9 Å². The highest BCUT2D eigenvalue weighted by Crippen LogP contribution is 2.31. The maximum atomic E-state index is 13.4. The minimum absolute atomic E-state index is 0. The molecular formula is C26H35ClN6O3S2. The molecule has 1 fully saturated rings. The van der Waals surface area contributed by atoms with E-state index in [1.165, 1.54) is 5.56 Å². The molecule has 1 amide bonds. The van der Waals surface area contributed by atoms with E-state index in [4.69, 9.17) is 11.6 Å². The lowest BCUT2D eigenvalue weighted by Crippen LogP contribution is -2.55. The molecule has 0 unspecified atom stereocenters. The number of fused-ring (bicyclic) bond motifs is 1. The van der Waals surface area contributed by atoms with Crippen molar-refractivity contribution in [1.29, 1.82) is 0 Å². The molecule has 9 nitrogen and oxygen atoms in total. The highest BCUT2D eigenvalue weighted by molar-refractivity contribution is 7.93. The van der Waals surface area contributed by atoms with Crippen LogP contribution < -0.4 is 14.5 Å². The summed E-state index contributed by atoms with van der Waals surface area (Å²) in [6.07, 6.45) is 2.62. The fourth-order valence-electron chi connectivity index (χ4n) is 5.03. The molecule has 2 aliphatic rings. The second kappa shape index (κ2) is 11.1. The van der Waals surface area contributed by atoms with Crippen LogP contribution >= 0.6 is 23.1 Å². The Morgan fingerprint density at radius 1 is 1.13 bits per heavy atom. The van der Waals surface area contributed by atoms with E-state index in [1.807, 2.05) is 49.1 Å². The summed E-state index contributed by atoms with van der Waals surface area (Å²) in [5.74, 6) is 0.739. The third kappa shape index (κ3) is 5.60. The number of aryl methyl sites for hydroxylation is 2. The minimum atomic E-state index is -3.75. The number of nitrogens with zero attached hydrogens (tertiary/aromatic N) is 5. The van der Waals surface area contributed by atoms with Gasteiger partial charge in [0.2, 0.25) is 11.0 Å². The van der Waals surface area contributed by atoms with Crippen molar-refractivity contribution in [2.45, 2.75) is 44.0 Å². The predicted molar refractivity (Wildman–Crippen MR) is 156 cm³/mol. The quantitative estimate of drug-likeness (QED) is 0.439. The first-order valence-corrected chi connectivity index (χ1v) is 15.4. The molecule has 12 heteroatoms. The van der Waals surface area contributed by atoms with Crippen molar-refractivity contribution in [2.24, 2.45) is 0 Å². The fraction of sp³-hybridized carbons (Fsp3) is 0.423. The fourth-order valence-corrected chi connectivity index (χ4v) is 7.10. The van der Waals surface area contributed by atoms with Crippen molar-refractivity contribution in [1.82, 2.24) is 14.3 Å². The number of halogens is 1. The summed E-state index contributed by atoms with van der Waals surface area (Å²) in [6.45, 7) is 7.34. The zero-order chi connectivity index (χ0) is 26.9. The van der Waals surface area contributed by atoms with Gasteiger partial charge in [-0.2, -0.15) is 4.37 Å². The Morgan fingerprint density at radius 2 is 1.87 bits per heavy atom. The van der Waals surface area contributed by atoms with Crippen LogP contribution in [0.2, 0.25) is 5.02 Å². The van der Waals surface area contributed by atoms with E-state index in [-0.39, 0.29) is 24.8 Å². The summed E-state index contributed by atoms with van der Waals surface area (Å²) >= 11 is 7.22. The monoisotopic (exact) mass is 578 g/mol. The summed E-state index contributed by atoms with van der Waals surface area (Å²) in [4.78, 5) is 24.0. The highest BCUT2D eigenvalue weighted by Gasteiger charge is 2.31. The van der Waals surface area contributed by atoms with Gasteiger partial charge < -0.3 is 14.7 Å². The van der Waals surface area contributed by atoms with Crippen molar-refractivity contribution in [3.8, 4) is 0 Å². The molecule has 38 heavy (non-hydrogen) atoms. The number of benzene rings is 2. The predicted octanol–water partition coefficient (Wildman–Crippen LogP) is 4.54. The molecule has 2 aromatic carbocycles. The van der Waals surface area contributed by atoms with E-state index in [0.717, 1.165) is 47.3 Å². The molecular weight excluding hydrogens is 544 g/mol. The number of rotatable bonds is 7. The molecule has 206 valence electrons. The van der Waals surface area contributed by atoms with Crippen LogP contribution in [-0.4, -0.2) is 67.3 Å². The molecule has 2 aliphatic heterocycles. The van der Waals surface area contributed by atoms with Crippen molar-refractivity contribution >= 4 is 55.6 Å². The maximum Gasteiger partial charge on any atom is 0.263 e. The van der Waals surface area contributed by atoms with Gasteiger partial charge in [0.05, 0.1) is 4.90 Å². The molecule has 0 saturated carbocycles. The summed E-state index contributed by atoms with van der Waals surface area (Å²) < 4.78 is 32.1. The van der Waals surface area contributed by atoms with Gasteiger partial charge in [0.1, 0.15) is 11.9 Å². The molecule has 0 spiro atoms. The number of aromatic nitrogens is 2. The van der Waals surface area contributed by atoms with Gasteiger partial charge in [-0.1, -0.05) is 18.5 Å². The lowest BCUT2D eigenvalue weighted by atomic mass is 10.00. The lowest BCUT2D eigenvalue weighted by Gasteiger charge is -2.41. The van der Waals surface area contributed by atoms with Crippen LogP contribution in [-0.2, 0) is 27.7 Å². The van der Waals surface area contributed by atoms with Gasteiger partial charge in [-0.15, -0.1) is 0 Å². The molecule has 3 heterocycles. The van der Waals surface area contributed by atoms with E-state index in [1.54, 1.807) is 12.1 Å². The lowest BCUT2D eigenvalue weighted by molar-refractivity contribution is -0.132. The number of hydrogen-bond donors (Lipinski definition) is 1. The first kappa shape index (κ1) is 26.7. The molecule has 0 aliphatic carbocycles. The minimum Gasteiger partial charge on any atom is -0.368 e. The van der Waals surface area contributed by atoms with Crippen molar-refractivity contribution < 1.29 is 16.1 Å². The molecule has 1 saturated heterocycles. The zero-order valence-corrected chi connectivity index (χ0v) is 23.8. The van der Waals surface area contributed by atoms with Gasteiger partial charge >= 0.3 is 0 Å². The van der Waals surface area contributed by atoms with Gasteiger partial charge in [-0.05, 0) is 67.8 Å². The molecule has 1 aromatic heterocycles. The van der Waals surface area contributed by atoms with Gasteiger partial charge in [-0.3, -0.25) is 9.52 Å². The molecule has 3 aromatic rings. The number of anilines is 3. The number of carbonyl (C=O) groups excluding carboxylic acids is 1. The average Bonchev–Trinajstić information content (AvgIpc) is 3.38. The topological polar surface area (TPSA) is 98.7 Å². The summed E-state index contributed by atoms with van der Waals surface area (Å²) in [5, 5.41) is 0.989. The van der Waals surface area contributed by atoms with Crippen LogP contribution in [0.15, 0.2) is 47.4 Å². The first-order chi connectivity index (χ1) is 18.2. The second-order valence-electron chi connectivity index (χ2n) is 9.53. The largest absolute Gasteiger partial charge is 0.368 e. The van der Waals surface area contributed by atoms with E-state index in [0.29, 0.717) is 38.4 Å². The average molecular weight is 579 g/mol. The van der Waals surface area contributed by atoms with Crippen molar-refractivity contribution in [2.75, 3.05) is 47.2 Å². The van der Waals surface area contributed by atoms with Gasteiger partial charge in [-0.25, -0.2) is 13.4 Å². The summed E-state index contributed by atoms with van der Waals surface area (Å²) in [7, 11) is -3.75. The van der Waals surface area contributed by atoms with E-state index >= 15 is 0 Å². The Balaban J connectivity index is 0.00000220. The van der Waals surface area contributed by atoms with Crippen LogP contribution in [0.3, 0.4) is 0 Å². The molecule has 1 atom stereocenters. The standard InChI is InChI=1S/C26H31ClN6O3S2.2H2/c1-3-24-28-26(37-29-24)30-38(35,36)22-9-7-21(8-10-22)31-13-15-32(16-14-31)25(34)18(2)33-12-4-5-19-17-20(27)6-11-23(19)33;;/h6-11,17-18H,3-5,12-16H2,1-2H3,(H,28,29,30);2*1H/t18-;;/m0../s1. The number of carbonyl (C=O) groups is 1. The number of sulfonamides is 1. The molecule has 1 N–H and O–H groups in total. The molecule has 0 radical (unpaired) electrons. The smallest absolute Gasteiger partial charge is 0.263 e. The van der Waals surface area contributed by atoms with Crippen LogP contribution in [0.4, 0.5) is 16.5 Å². The zero-order valence-electron chi connectivity index (χ0n) is 21.4. The number of amides is 1. The van der Waals surface area contributed by atoms with Crippen molar-refractivity contribution in [3.05, 3.63) is 58.9 Å². The Labute approximate surface area is 235 Å². The van der Waals surface area contributed by atoms with Gasteiger partial charge in [0.25, 0.3) is 10.0 Å². The number of piperazine rings is 1. The Hall–Kier alpha value is -2.89. The second-order valence-corrected chi connectivity index (χ2v) is 12.4. The van der Waals surface area contributed by atoms with Crippen LogP contribution in [0, 0.1) is 0 Å². The first-order valence-electron chi connectivity index (χ1n) is 12.8. The summed E-state index contributed by atoms with van der Waals surface area (Å²) in [6, 6.07) is 12.5. The Kier molecular flexibility index (Phi) is 7.78. The van der Waals surface area contributed by atoms with E-state index < -0.39 is 10.0 Å². The third-order valence-electron chi connectivity index (χ3n) is 7.13. The number of nitrogens with one attached hydrogen (secondary N) is 1. The molecule has 5 rings (SSSR count). The van der Waals surface area contributed by atoms with E-state index in [2.05, 4.69) is 23.9 Å². The van der Waals surface area contributed by atoms with Crippen LogP contribution in [0.5, 0.6) is 0 Å². The Bertz CT molecular complexity index is 1420. The highest BCUT2D eigenvalue weighted by atomic mass is 35.5. The van der Waals surface area contributed by atoms with Crippen molar-refractivity contribution in [3.63, 3.8) is 0 Å². The Morgan fingerprint density at radius 3 is 2.55 bits per heavy atom.